The van der Waals surface area contributed by atoms with E-state index in [0.29, 0.717) is 17.9 Å². The fraction of sp³-hybridized carbons (Fsp3) is 0.333. The number of nitrogens with one attached hydrogen (secondary N) is 2. The number of nitrogens with zero attached hydrogens (tertiary/aromatic N) is 1. The van der Waals surface area contributed by atoms with Crippen LogP contribution in [-0.4, -0.2) is 26.6 Å². The predicted octanol–water partition coefficient (Wildman–Crippen LogP) is 0.402. The molecule has 0 heterocycles. The average molecular weight is 233 g/mol. The van der Waals surface area contributed by atoms with E-state index in [1.165, 1.54) is 0 Å². The van der Waals surface area contributed by atoms with Gasteiger partial charge < -0.3 is 15.4 Å². The highest BCUT2D eigenvalue weighted by Crippen LogP contribution is 2.19. The molecule has 0 aliphatic rings. The maximum absolute atomic E-state index is 11.0. The molecule has 2 N–H and O–H groups in total. The molecule has 0 fully saturated rings. The van der Waals surface area contributed by atoms with Gasteiger partial charge in [0.05, 0.1) is 25.3 Å². The summed E-state index contributed by atoms with van der Waals surface area (Å²) >= 11 is 0. The van der Waals surface area contributed by atoms with E-state index in [4.69, 9.17) is 10.00 Å². The van der Waals surface area contributed by atoms with Crippen LogP contribution < -0.4 is 15.4 Å². The second kappa shape index (κ2) is 6.51. The van der Waals surface area contributed by atoms with E-state index >= 15 is 0 Å². The second-order valence-electron chi connectivity index (χ2n) is 3.42. The molecule has 0 saturated heterocycles. The molecule has 90 valence electrons. The summed E-state index contributed by atoms with van der Waals surface area (Å²) in [6.07, 6.45) is 0. The minimum absolute atomic E-state index is 0.0830. The molecule has 0 spiro atoms. The molecular formula is C12H15N3O2. The number of carbonyl (C=O) groups excluding carboxylic acids is 1. The van der Waals surface area contributed by atoms with Crippen LogP contribution in [0.5, 0.6) is 5.75 Å². The molecule has 0 aliphatic heterocycles. The lowest BCUT2D eigenvalue weighted by molar-refractivity contribution is -0.119. The Morgan fingerprint density at radius 2 is 2.29 bits per heavy atom. The van der Waals surface area contributed by atoms with Gasteiger partial charge in [0, 0.05) is 19.2 Å². The van der Waals surface area contributed by atoms with Crippen molar-refractivity contribution in [3.63, 3.8) is 0 Å². The van der Waals surface area contributed by atoms with Gasteiger partial charge in [0.1, 0.15) is 5.75 Å². The van der Waals surface area contributed by atoms with Crippen molar-refractivity contribution in [1.29, 1.82) is 5.26 Å². The first-order valence-corrected chi connectivity index (χ1v) is 5.19. The molecule has 1 aromatic carbocycles. The van der Waals surface area contributed by atoms with Crippen LogP contribution in [0.2, 0.25) is 0 Å². The number of methoxy groups -OCH3 is 1. The number of ether oxygens (including phenoxy) is 1. The summed E-state index contributed by atoms with van der Waals surface area (Å²) in [5.74, 6) is 0.619. The number of nitriles is 1. The smallest absolute Gasteiger partial charge is 0.233 e. The van der Waals surface area contributed by atoms with Gasteiger partial charge >= 0.3 is 0 Å². The third-order valence-corrected chi connectivity index (χ3v) is 2.29. The Morgan fingerprint density at radius 1 is 1.53 bits per heavy atom. The van der Waals surface area contributed by atoms with Crippen molar-refractivity contribution in [3.8, 4) is 11.8 Å². The predicted molar refractivity (Wildman–Crippen MR) is 63.5 cm³/mol. The minimum Gasteiger partial charge on any atom is -0.496 e. The van der Waals surface area contributed by atoms with Crippen LogP contribution >= 0.6 is 0 Å². The van der Waals surface area contributed by atoms with Gasteiger partial charge in [0.25, 0.3) is 0 Å². The largest absolute Gasteiger partial charge is 0.496 e. The Labute approximate surface area is 100 Å². The SMILES string of the molecule is CNC(=O)CNCc1cc(C#N)ccc1OC. The zero-order chi connectivity index (χ0) is 12.7. The number of hydrogen-bond donors (Lipinski definition) is 2. The summed E-state index contributed by atoms with van der Waals surface area (Å²) < 4.78 is 5.18. The number of likely N-dealkylation sites (N-methyl/N-ethyl adjacent to an activating group) is 1. The molecule has 1 aromatic rings. The molecule has 1 rings (SSSR count). The van der Waals surface area contributed by atoms with Gasteiger partial charge in [-0.2, -0.15) is 5.26 Å². The zero-order valence-electron chi connectivity index (χ0n) is 9.91. The quantitative estimate of drug-likeness (QED) is 0.772. The number of rotatable bonds is 5. The van der Waals surface area contributed by atoms with Crippen LogP contribution in [0.4, 0.5) is 0 Å². The zero-order valence-corrected chi connectivity index (χ0v) is 9.91. The summed E-state index contributed by atoms with van der Waals surface area (Å²) in [7, 11) is 3.16. The number of amides is 1. The highest BCUT2D eigenvalue weighted by molar-refractivity contribution is 5.77. The first-order chi connectivity index (χ1) is 8.21. The van der Waals surface area contributed by atoms with Crippen LogP contribution in [0.25, 0.3) is 0 Å². The van der Waals surface area contributed by atoms with Gasteiger partial charge in [-0.1, -0.05) is 0 Å². The lowest BCUT2D eigenvalue weighted by Crippen LogP contribution is -2.31. The summed E-state index contributed by atoms with van der Waals surface area (Å²) in [4.78, 5) is 11.0. The van der Waals surface area contributed by atoms with Crippen molar-refractivity contribution in [2.75, 3.05) is 20.7 Å². The van der Waals surface area contributed by atoms with E-state index < -0.39 is 0 Å². The van der Waals surface area contributed by atoms with Crippen molar-refractivity contribution in [1.82, 2.24) is 10.6 Å². The van der Waals surface area contributed by atoms with Crippen LogP contribution in [-0.2, 0) is 11.3 Å². The Hall–Kier alpha value is -2.06. The van der Waals surface area contributed by atoms with Crippen LogP contribution in [0.3, 0.4) is 0 Å². The Bertz CT molecular complexity index is 438. The van der Waals surface area contributed by atoms with Crippen molar-refractivity contribution >= 4 is 5.91 Å². The fourth-order valence-corrected chi connectivity index (χ4v) is 1.39. The summed E-state index contributed by atoms with van der Waals surface area (Å²) in [5, 5.41) is 14.3. The molecular weight excluding hydrogens is 218 g/mol. The van der Waals surface area contributed by atoms with Crippen molar-refractivity contribution < 1.29 is 9.53 Å². The first-order valence-electron chi connectivity index (χ1n) is 5.19. The van der Waals surface area contributed by atoms with Gasteiger partial charge in [-0.25, -0.2) is 0 Å². The van der Waals surface area contributed by atoms with E-state index in [2.05, 4.69) is 16.7 Å². The monoisotopic (exact) mass is 233 g/mol. The van der Waals surface area contributed by atoms with Crippen molar-refractivity contribution in [2.24, 2.45) is 0 Å². The maximum Gasteiger partial charge on any atom is 0.233 e. The van der Waals surface area contributed by atoms with Crippen LogP contribution in [0, 0.1) is 11.3 Å². The molecule has 5 heteroatoms. The molecule has 1 amide bonds. The van der Waals surface area contributed by atoms with E-state index in [9.17, 15) is 4.79 Å². The summed E-state index contributed by atoms with van der Waals surface area (Å²) in [5.41, 5.74) is 1.43. The first kappa shape index (κ1) is 13.0. The van der Waals surface area contributed by atoms with Crippen molar-refractivity contribution in [3.05, 3.63) is 29.3 Å². The van der Waals surface area contributed by atoms with Crippen LogP contribution in [0.1, 0.15) is 11.1 Å². The van der Waals surface area contributed by atoms with E-state index in [1.54, 1.807) is 32.4 Å². The molecule has 17 heavy (non-hydrogen) atoms. The fourth-order valence-electron chi connectivity index (χ4n) is 1.39. The normalized spacial score (nSPS) is 9.47. The molecule has 0 radical (unpaired) electrons. The summed E-state index contributed by atoms with van der Waals surface area (Å²) in [6, 6.07) is 7.25. The lowest BCUT2D eigenvalue weighted by Gasteiger charge is -2.09. The number of benzene rings is 1. The molecule has 0 aromatic heterocycles. The second-order valence-corrected chi connectivity index (χ2v) is 3.42. The van der Waals surface area contributed by atoms with E-state index in [1.807, 2.05) is 0 Å². The average Bonchev–Trinajstić information content (AvgIpc) is 2.38. The number of hydrogen-bond acceptors (Lipinski definition) is 4. The third-order valence-electron chi connectivity index (χ3n) is 2.29. The van der Waals surface area contributed by atoms with Crippen LogP contribution in [0.15, 0.2) is 18.2 Å². The summed E-state index contributed by atoms with van der Waals surface area (Å²) in [6.45, 7) is 0.711. The maximum atomic E-state index is 11.0. The Morgan fingerprint density at radius 3 is 2.88 bits per heavy atom. The van der Waals surface area contributed by atoms with Gasteiger partial charge in [0.2, 0.25) is 5.91 Å². The highest BCUT2D eigenvalue weighted by atomic mass is 16.5. The van der Waals surface area contributed by atoms with E-state index in [-0.39, 0.29) is 12.5 Å². The molecule has 5 nitrogen and oxygen atoms in total. The van der Waals surface area contributed by atoms with Gasteiger partial charge in [-0.05, 0) is 18.2 Å². The van der Waals surface area contributed by atoms with Gasteiger partial charge in [-0.3, -0.25) is 4.79 Å². The molecule has 0 unspecified atom stereocenters. The van der Waals surface area contributed by atoms with Crippen molar-refractivity contribution in [2.45, 2.75) is 6.54 Å². The highest BCUT2D eigenvalue weighted by Gasteiger charge is 2.05. The molecule has 0 aliphatic carbocycles. The molecule has 0 atom stereocenters. The standard InChI is InChI=1S/C12H15N3O2/c1-14-12(16)8-15-7-10-5-9(6-13)3-4-11(10)17-2/h3-5,15H,7-8H2,1-2H3,(H,14,16). The Kier molecular flexibility index (Phi) is 4.98. The van der Waals surface area contributed by atoms with Gasteiger partial charge in [-0.15, -0.1) is 0 Å². The van der Waals surface area contributed by atoms with E-state index in [0.717, 1.165) is 5.56 Å². The minimum atomic E-state index is -0.0830. The third kappa shape index (κ3) is 3.78. The topological polar surface area (TPSA) is 74.2 Å². The number of carbonyl (C=O) groups is 1. The van der Waals surface area contributed by atoms with Gasteiger partial charge in [0.15, 0.2) is 0 Å². The lowest BCUT2D eigenvalue weighted by atomic mass is 10.1. The molecule has 0 bridgehead atoms. The molecule has 0 saturated carbocycles. The Balaban J connectivity index is 2.68.